The Labute approximate surface area is 149 Å². The molecule has 0 unspecified atom stereocenters. The number of rotatable bonds is 6. The van der Waals surface area contributed by atoms with E-state index in [1.807, 2.05) is 6.07 Å². The highest BCUT2D eigenvalue weighted by Gasteiger charge is 2.22. The molecule has 0 aliphatic rings. The highest BCUT2D eigenvalue weighted by molar-refractivity contribution is 5.85. The molecule has 26 heavy (non-hydrogen) atoms. The van der Waals surface area contributed by atoms with Gasteiger partial charge >= 0.3 is 5.97 Å². The van der Waals surface area contributed by atoms with Crippen molar-refractivity contribution in [2.24, 2.45) is 0 Å². The van der Waals surface area contributed by atoms with Gasteiger partial charge in [0.1, 0.15) is 17.7 Å². The second-order valence-electron chi connectivity index (χ2n) is 5.57. The van der Waals surface area contributed by atoms with Crippen LogP contribution in [0.15, 0.2) is 42.5 Å². The van der Waals surface area contributed by atoms with Crippen LogP contribution in [0.2, 0.25) is 0 Å². The van der Waals surface area contributed by atoms with E-state index in [0.717, 1.165) is 6.07 Å². The van der Waals surface area contributed by atoms with Crippen LogP contribution in [0.3, 0.4) is 0 Å². The highest BCUT2D eigenvalue weighted by Crippen LogP contribution is 2.11. The molecule has 5 nitrogen and oxygen atoms in total. The van der Waals surface area contributed by atoms with Gasteiger partial charge < -0.3 is 10.1 Å². The molecule has 2 aromatic rings. The number of nitriles is 1. The lowest BCUT2D eigenvalue weighted by molar-refractivity contribution is -0.145. The van der Waals surface area contributed by atoms with Crippen molar-refractivity contribution in [3.63, 3.8) is 0 Å². The number of halogens is 2. The number of carbonyl (C=O) groups is 2. The fourth-order valence-electron chi connectivity index (χ4n) is 2.37. The summed E-state index contributed by atoms with van der Waals surface area (Å²) in [6.45, 7) is 0. The number of carbonyl (C=O) groups excluding carboxylic acids is 2. The number of methoxy groups -OCH3 is 1. The number of hydrogen-bond acceptors (Lipinski definition) is 4. The van der Waals surface area contributed by atoms with Crippen LogP contribution in [0.5, 0.6) is 0 Å². The van der Waals surface area contributed by atoms with E-state index >= 15 is 0 Å². The number of amides is 1. The summed E-state index contributed by atoms with van der Waals surface area (Å²) in [7, 11) is 1.19. The lowest BCUT2D eigenvalue weighted by Crippen LogP contribution is -2.43. The van der Waals surface area contributed by atoms with E-state index in [0.29, 0.717) is 17.2 Å². The molecule has 0 spiro atoms. The SMILES string of the molecule is COC(=O)[C@@H](Cc1ccc(C#N)cc1)NC(=O)Cc1ccc(F)cc1F. The standard InChI is InChI=1S/C19H16F2N2O3/c1-26-19(25)17(8-12-2-4-13(11-22)5-3-12)23-18(24)9-14-6-7-15(20)10-16(14)21/h2-7,10,17H,8-9H2,1H3,(H,23,24)/t17-/m1/s1. The van der Waals surface area contributed by atoms with Crippen LogP contribution in [0, 0.1) is 23.0 Å². The summed E-state index contributed by atoms with van der Waals surface area (Å²) in [6, 6.07) is 10.5. The third-order valence-corrected chi connectivity index (χ3v) is 3.71. The average Bonchev–Trinajstić information content (AvgIpc) is 2.63. The van der Waals surface area contributed by atoms with Gasteiger partial charge in [0.15, 0.2) is 0 Å². The molecule has 0 fully saturated rings. The minimum Gasteiger partial charge on any atom is -0.467 e. The molecule has 0 saturated heterocycles. The monoisotopic (exact) mass is 358 g/mol. The topological polar surface area (TPSA) is 79.2 Å². The Balaban J connectivity index is 2.07. The molecule has 0 bridgehead atoms. The van der Waals surface area contributed by atoms with Gasteiger partial charge in [0.05, 0.1) is 25.2 Å². The van der Waals surface area contributed by atoms with Crippen LogP contribution >= 0.6 is 0 Å². The molecule has 134 valence electrons. The Kier molecular flexibility index (Phi) is 6.39. The van der Waals surface area contributed by atoms with E-state index < -0.39 is 29.6 Å². The van der Waals surface area contributed by atoms with Crippen molar-refractivity contribution in [3.8, 4) is 6.07 Å². The minimum atomic E-state index is -0.969. The van der Waals surface area contributed by atoms with Crippen molar-refractivity contribution in [3.05, 3.63) is 70.8 Å². The fourth-order valence-corrected chi connectivity index (χ4v) is 2.37. The first-order valence-electron chi connectivity index (χ1n) is 7.73. The van der Waals surface area contributed by atoms with Crippen molar-refractivity contribution < 1.29 is 23.1 Å². The zero-order chi connectivity index (χ0) is 19.1. The number of hydrogen-bond donors (Lipinski definition) is 1. The van der Waals surface area contributed by atoms with Crippen molar-refractivity contribution in [1.29, 1.82) is 5.26 Å². The van der Waals surface area contributed by atoms with Crippen molar-refractivity contribution in [2.45, 2.75) is 18.9 Å². The van der Waals surface area contributed by atoms with Crippen LogP contribution in [-0.4, -0.2) is 25.0 Å². The first-order valence-corrected chi connectivity index (χ1v) is 7.73. The first kappa shape index (κ1) is 19.1. The molecule has 0 heterocycles. The fraction of sp³-hybridized carbons (Fsp3) is 0.211. The molecular weight excluding hydrogens is 342 g/mol. The normalized spacial score (nSPS) is 11.3. The number of esters is 1. The van der Waals surface area contributed by atoms with Crippen LogP contribution in [0.4, 0.5) is 8.78 Å². The smallest absolute Gasteiger partial charge is 0.328 e. The quantitative estimate of drug-likeness (QED) is 0.804. The van der Waals surface area contributed by atoms with E-state index in [1.54, 1.807) is 24.3 Å². The lowest BCUT2D eigenvalue weighted by Gasteiger charge is -2.17. The first-order chi connectivity index (χ1) is 12.4. The summed E-state index contributed by atoms with van der Waals surface area (Å²) in [6.07, 6.45) is -0.191. The number of nitrogens with one attached hydrogen (secondary N) is 1. The second kappa shape index (κ2) is 8.72. The molecule has 0 saturated carbocycles. The predicted octanol–water partition coefficient (Wildman–Crippen LogP) is 2.28. The van der Waals surface area contributed by atoms with Crippen LogP contribution in [0.25, 0.3) is 0 Å². The Morgan fingerprint density at radius 2 is 1.88 bits per heavy atom. The molecule has 2 rings (SSSR count). The summed E-state index contributed by atoms with van der Waals surface area (Å²) in [5.74, 6) is -2.82. The molecule has 0 aromatic heterocycles. The van der Waals surface area contributed by atoms with Gasteiger partial charge in [-0.25, -0.2) is 13.6 Å². The molecule has 0 aliphatic heterocycles. The van der Waals surface area contributed by atoms with Crippen LogP contribution in [0.1, 0.15) is 16.7 Å². The Hall–Kier alpha value is -3.27. The van der Waals surface area contributed by atoms with E-state index in [1.165, 1.54) is 13.2 Å². The number of nitrogens with zero attached hydrogens (tertiary/aromatic N) is 1. The lowest BCUT2D eigenvalue weighted by atomic mass is 10.0. The number of benzene rings is 2. The van der Waals surface area contributed by atoms with Gasteiger partial charge in [-0.05, 0) is 29.3 Å². The van der Waals surface area contributed by atoms with Gasteiger partial charge in [-0.1, -0.05) is 18.2 Å². The van der Waals surface area contributed by atoms with E-state index in [4.69, 9.17) is 10.00 Å². The molecule has 0 radical (unpaired) electrons. The van der Waals surface area contributed by atoms with Gasteiger partial charge in [0.2, 0.25) is 5.91 Å². The Bertz CT molecular complexity index is 845. The summed E-state index contributed by atoms with van der Waals surface area (Å²) in [5, 5.41) is 11.3. The third-order valence-electron chi connectivity index (χ3n) is 3.71. The minimum absolute atomic E-state index is 0.0193. The van der Waals surface area contributed by atoms with E-state index in [-0.39, 0.29) is 18.4 Å². The third kappa shape index (κ3) is 5.11. The summed E-state index contributed by atoms with van der Waals surface area (Å²) >= 11 is 0. The molecule has 7 heteroatoms. The zero-order valence-electron chi connectivity index (χ0n) is 14.0. The van der Waals surface area contributed by atoms with Gasteiger partial charge in [0, 0.05) is 12.5 Å². The maximum Gasteiger partial charge on any atom is 0.328 e. The molecule has 2 aromatic carbocycles. The molecule has 1 atom stereocenters. The zero-order valence-corrected chi connectivity index (χ0v) is 14.0. The summed E-state index contributed by atoms with van der Waals surface area (Å²) in [4.78, 5) is 24.1. The maximum atomic E-state index is 13.7. The van der Waals surface area contributed by atoms with Crippen LogP contribution < -0.4 is 5.32 Å². The number of ether oxygens (including phenoxy) is 1. The van der Waals surface area contributed by atoms with Gasteiger partial charge in [-0.2, -0.15) is 5.26 Å². The van der Waals surface area contributed by atoms with E-state index in [2.05, 4.69) is 5.32 Å². The van der Waals surface area contributed by atoms with E-state index in [9.17, 15) is 18.4 Å². The Morgan fingerprint density at radius 1 is 1.19 bits per heavy atom. The van der Waals surface area contributed by atoms with Crippen LogP contribution in [-0.2, 0) is 27.2 Å². The molecule has 1 N–H and O–H groups in total. The largest absolute Gasteiger partial charge is 0.467 e. The molecular formula is C19H16F2N2O3. The van der Waals surface area contributed by atoms with Crippen molar-refractivity contribution >= 4 is 11.9 Å². The maximum absolute atomic E-state index is 13.7. The Morgan fingerprint density at radius 3 is 2.46 bits per heavy atom. The molecule has 1 amide bonds. The van der Waals surface area contributed by atoms with Crippen molar-refractivity contribution in [1.82, 2.24) is 5.32 Å². The summed E-state index contributed by atoms with van der Waals surface area (Å²) in [5.41, 5.74) is 1.21. The average molecular weight is 358 g/mol. The predicted molar refractivity (Wildman–Crippen MR) is 88.9 cm³/mol. The second-order valence-corrected chi connectivity index (χ2v) is 5.57. The highest BCUT2D eigenvalue weighted by atomic mass is 19.1. The van der Waals surface area contributed by atoms with Gasteiger partial charge in [-0.3, -0.25) is 4.79 Å². The molecule has 0 aliphatic carbocycles. The van der Waals surface area contributed by atoms with Gasteiger partial charge in [-0.15, -0.1) is 0 Å². The van der Waals surface area contributed by atoms with Crippen molar-refractivity contribution in [2.75, 3.05) is 7.11 Å². The summed E-state index contributed by atoms with van der Waals surface area (Å²) < 4.78 is 31.3. The van der Waals surface area contributed by atoms with Gasteiger partial charge in [0.25, 0.3) is 0 Å².